The number of fused-ring (bicyclic) bond motifs is 1. The van der Waals surface area contributed by atoms with E-state index in [4.69, 9.17) is 19.4 Å². The van der Waals surface area contributed by atoms with Gasteiger partial charge in [-0.2, -0.15) is 0 Å². The highest BCUT2D eigenvalue weighted by Gasteiger charge is 2.64. The van der Waals surface area contributed by atoms with Gasteiger partial charge in [0, 0.05) is 22.7 Å². The Morgan fingerprint density at radius 2 is 1.76 bits per heavy atom. The van der Waals surface area contributed by atoms with E-state index in [1.54, 1.807) is 25.1 Å². The third-order valence-electron chi connectivity index (χ3n) is 11.6. The van der Waals surface area contributed by atoms with Gasteiger partial charge in [-0.3, -0.25) is 19.1 Å². The molecule has 1 aliphatic heterocycles. The Bertz CT molecular complexity index is 1980. The fourth-order valence-corrected chi connectivity index (χ4v) is 8.93. The van der Waals surface area contributed by atoms with E-state index in [2.05, 4.69) is 26.1 Å². The molecule has 6 rings (SSSR count). The van der Waals surface area contributed by atoms with Crippen LogP contribution >= 0.6 is 0 Å². The van der Waals surface area contributed by atoms with Crippen LogP contribution in [0.1, 0.15) is 115 Å². The number of aromatic nitrogens is 2. The molecule has 3 aliphatic carbocycles. The van der Waals surface area contributed by atoms with Crippen molar-refractivity contribution in [3.05, 3.63) is 23.9 Å². The fraction of sp³-hybridized carbons (Fsp3) is 0.707. The number of hydrogen-bond donors (Lipinski definition) is 4. The lowest BCUT2D eigenvalue weighted by Gasteiger charge is -2.29. The molecule has 2 aromatic rings. The Morgan fingerprint density at radius 1 is 1.07 bits per heavy atom. The molecule has 3 saturated carbocycles. The summed E-state index contributed by atoms with van der Waals surface area (Å²) < 4.78 is 66.0. The largest absolute Gasteiger partial charge is 0.497 e. The first-order valence-corrected chi connectivity index (χ1v) is 22.3. The van der Waals surface area contributed by atoms with Crippen molar-refractivity contribution in [3.63, 3.8) is 0 Å². The number of carbonyl (C=O) groups excluding carboxylic acids is 3. The molecule has 0 spiro atoms. The molecular formula is C41H66F2N6O9S. The number of carboxylic acid groups (broad SMARTS) is 1. The number of hydrogen-bond acceptors (Lipinski definition) is 10. The predicted octanol–water partition coefficient (Wildman–Crippen LogP) is 6.33. The number of nitrogens with one attached hydrogen (secondary N) is 3. The number of benzene rings is 1. The number of ether oxygens (including phenoxy) is 2. The van der Waals surface area contributed by atoms with Gasteiger partial charge in [-0.25, -0.2) is 32.0 Å². The maximum Gasteiger partial charge on any atom is 0.405 e. The average Bonchev–Trinajstić information content (AvgIpc) is 4.11. The fourth-order valence-electron chi connectivity index (χ4n) is 7.62. The summed E-state index contributed by atoms with van der Waals surface area (Å²) in [5.74, 6) is -2.16. The van der Waals surface area contributed by atoms with Gasteiger partial charge in [0.25, 0.3) is 5.91 Å². The monoisotopic (exact) mass is 856 g/mol. The highest BCUT2D eigenvalue weighted by Crippen LogP contribution is 2.49. The molecule has 59 heavy (non-hydrogen) atoms. The van der Waals surface area contributed by atoms with Crippen LogP contribution in [0, 0.1) is 23.7 Å². The van der Waals surface area contributed by atoms with Gasteiger partial charge in [-0.15, -0.1) is 0 Å². The van der Waals surface area contributed by atoms with E-state index in [-0.39, 0.29) is 29.5 Å². The SMILES string of the molecule is CC(C)C.CC[C@@H]1[C@@H](Oc2nc3cc(OC)ccc3nc2CCCCCC2CC2)CN(C(=O)CNC(=O)O)[C@@H]1C(=O)N[C@]1(C(=O)NS(=O)(=O)C2(C)CC2)C[C@H]1CC(F)F.[HH].[HH].[HH]. The smallest absolute Gasteiger partial charge is 0.405 e. The number of sulfonamides is 1. The van der Waals surface area contributed by atoms with Gasteiger partial charge in [0.15, 0.2) is 0 Å². The molecule has 4 fully saturated rings. The van der Waals surface area contributed by atoms with E-state index in [1.807, 2.05) is 10.0 Å². The summed E-state index contributed by atoms with van der Waals surface area (Å²) in [5.41, 5.74) is -0.261. The molecule has 4 aliphatic rings. The molecule has 5 atom stereocenters. The van der Waals surface area contributed by atoms with Crippen LogP contribution in [0.3, 0.4) is 0 Å². The molecule has 4 N–H and O–H groups in total. The minimum absolute atomic E-state index is 0. The summed E-state index contributed by atoms with van der Waals surface area (Å²) in [4.78, 5) is 63.7. The van der Waals surface area contributed by atoms with Gasteiger partial charge in [0.1, 0.15) is 35.7 Å². The van der Waals surface area contributed by atoms with E-state index in [9.17, 15) is 41.5 Å². The Hall–Kier alpha value is -4.35. The number of likely N-dealkylation sites (tertiary alicyclic amines) is 1. The molecule has 0 unspecified atom stereocenters. The van der Waals surface area contributed by atoms with Crippen LogP contribution in [-0.4, -0.2) is 101 Å². The van der Waals surface area contributed by atoms with Gasteiger partial charge in [0.2, 0.25) is 34.1 Å². The lowest BCUT2D eigenvalue weighted by molar-refractivity contribution is -0.140. The minimum atomic E-state index is -4.18. The number of methoxy groups -OCH3 is 1. The van der Waals surface area contributed by atoms with Gasteiger partial charge in [-0.05, 0) is 75.3 Å². The van der Waals surface area contributed by atoms with Crippen LogP contribution < -0.4 is 24.8 Å². The van der Waals surface area contributed by atoms with E-state index in [0.717, 1.165) is 36.0 Å². The lowest BCUT2D eigenvalue weighted by Crippen LogP contribution is -2.58. The lowest BCUT2D eigenvalue weighted by atomic mass is 9.93. The first-order chi connectivity index (χ1) is 27.8. The summed E-state index contributed by atoms with van der Waals surface area (Å²) in [6.45, 7) is 8.88. The number of rotatable bonds is 19. The summed E-state index contributed by atoms with van der Waals surface area (Å²) in [7, 11) is -2.65. The maximum atomic E-state index is 14.3. The van der Waals surface area contributed by atoms with E-state index in [0.29, 0.717) is 41.7 Å². The number of aryl methyl sites for hydroxylation is 1. The second kappa shape index (κ2) is 18.9. The van der Waals surface area contributed by atoms with E-state index < -0.39 is 87.5 Å². The number of nitrogens with zero attached hydrogens (tertiary/aromatic N) is 3. The van der Waals surface area contributed by atoms with Crippen molar-refractivity contribution < 1.29 is 55.2 Å². The third-order valence-corrected chi connectivity index (χ3v) is 13.7. The van der Waals surface area contributed by atoms with Crippen molar-refractivity contribution in [3.8, 4) is 11.6 Å². The Balaban J connectivity index is 0.00000181. The number of carbonyl (C=O) groups is 4. The molecule has 2 heterocycles. The molecule has 1 aromatic carbocycles. The zero-order valence-electron chi connectivity index (χ0n) is 34.9. The van der Waals surface area contributed by atoms with Crippen LogP contribution in [0.5, 0.6) is 11.6 Å². The number of amides is 4. The quantitative estimate of drug-likeness (QED) is 0.115. The van der Waals surface area contributed by atoms with Crippen molar-refractivity contribution >= 4 is 44.9 Å². The zero-order chi connectivity index (χ0) is 43.3. The molecule has 0 radical (unpaired) electrons. The Morgan fingerprint density at radius 3 is 2.36 bits per heavy atom. The third kappa shape index (κ3) is 11.5. The molecule has 1 aromatic heterocycles. The molecule has 18 heteroatoms. The first-order valence-electron chi connectivity index (χ1n) is 20.8. The van der Waals surface area contributed by atoms with Gasteiger partial charge < -0.3 is 30.1 Å². The summed E-state index contributed by atoms with van der Waals surface area (Å²) in [6, 6.07) is 3.94. The van der Waals surface area contributed by atoms with Crippen molar-refractivity contribution in [2.75, 3.05) is 20.2 Å². The molecule has 334 valence electrons. The van der Waals surface area contributed by atoms with Crippen molar-refractivity contribution in [2.45, 2.75) is 141 Å². The maximum absolute atomic E-state index is 14.3. The van der Waals surface area contributed by atoms with E-state index >= 15 is 0 Å². The normalized spacial score (nSPS) is 24.3. The minimum Gasteiger partial charge on any atom is -0.497 e. The molecule has 15 nitrogen and oxygen atoms in total. The second-order valence-electron chi connectivity index (χ2n) is 17.4. The standard InChI is InChI=1S/C37H50F2N6O9S.C4H10.3H2/c1-4-24-28(54-33-26(9-7-5-6-8-21-10-11-21)41-25-13-12-23(53-3)17-27(25)42-33)20-45(30(46)19-40-35(49)50)31(24)32(47)43-37(18-22(37)16-29(38)39)34(48)44-55(51,52)36(2)14-15-36;1-4(2)3;;;/h12-13,17,21-22,24,28-29,31,40H,4-11,14-16,18-20H2,1-3H3,(H,43,47)(H,44,48)(H,49,50);4H,1-3H3;3*1H/t22-,24-,28+,31+,37-;;;;/m1..../s1. The average molecular weight is 857 g/mol. The van der Waals surface area contributed by atoms with Crippen LogP contribution in [-0.2, 0) is 30.8 Å². The summed E-state index contributed by atoms with van der Waals surface area (Å²) in [6.07, 6.45) is 1.96. The molecule has 1 saturated heterocycles. The Kier molecular flexibility index (Phi) is 14.7. The van der Waals surface area contributed by atoms with Crippen LogP contribution in [0.4, 0.5) is 13.6 Å². The molecule has 0 bridgehead atoms. The first kappa shape index (κ1) is 45.7. The highest BCUT2D eigenvalue weighted by atomic mass is 32.2. The second-order valence-corrected chi connectivity index (χ2v) is 19.6. The topological polar surface area (TPSA) is 206 Å². The highest BCUT2D eigenvalue weighted by molar-refractivity contribution is 7.91. The van der Waals surface area contributed by atoms with Crippen LogP contribution in [0.2, 0.25) is 0 Å². The van der Waals surface area contributed by atoms with Crippen molar-refractivity contribution in [1.29, 1.82) is 0 Å². The summed E-state index contributed by atoms with van der Waals surface area (Å²) >= 11 is 0. The van der Waals surface area contributed by atoms with Crippen molar-refractivity contribution in [1.82, 2.24) is 30.2 Å². The van der Waals surface area contributed by atoms with Gasteiger partial charge in [0.05, 0.1) is 29.4 Å². The number of alkyl halides is 2. The van der Waals surface area contributed by atoms with Crippen LogP contribution in [0.25, 0.3) is 11.0 Å². The van der Waals surface area contributed by atoms with Gasteiger partial charge >= 0.3 is 6.09 Å². The zero-order valence-corrected chi connectivity index (χ0v) is 35.7. The van der Waals surface area contributed by atoms with Crippen molar-refractivity contribution in [2.24, 2.45) is 23.7 Å². The predicted molar refractivity (Wildman–Crippen MR) is 222 cm³/mol. The van der Waals surface area contributed by atoms with Crippen LogP contribution in [0.15, 0.2) is 18.2 Å². The van der Waals surface area contributed by atoms with Gasteiger partial charge in [-0.1, -0.05) is 59.8 Å². The van der Waals surface area contributed by atoms with E-state index in [1.165, 1.54) is 33.3 Å². The number of unbranched alkanes of at least 4 members (excludes halogenated alkanes) is 2. The number of halogens is 2. The molecular weight excluding hydrogens is 791 g/mol. The molecule has 4 amide bonds. The Labute approximate surface area is 349 Å². The summed E-state index contributed by atoms with van der Waals surface area (Å²) in [5, 5.41) is 13.8.